The molecule has 0 spiro atoms. The van der Waals surface area contributed by atoms with Crippen LogP contribution in [-0.4, -0.2) is 12.5 Å². The molecule has 0 atom stereocenters. The second-order valence-corrected chi connectivity index (χ2v) is 2.83. The van der Waals surface area contributed by atoms with E-state index < -0.39 is 0 Å². The molecule has 1 aromatic rings. The standard InChI is InChI=1S/C10H13NO2/c1-4-5-11-10(12)9-6-7(2)13-8(9)3/h4,6H,1,5H2,2-3H3,(H,11,12). The Bertz CT molecular complexity index is 326. The van der Waals surface area contributed by atoms with E-state index >= 15 is 0 Å². The average Bonchev–Trinajstić information content (AvgIpc) is 2.41. The minimum absolute atomic E-state index is 0.116. The Kier molecular flexibility index (Phi) is 2.90. The first-order valence-corrected chi connectivity index (χ1v) is 4.11. The molecule has 0 aliphatic rings. The predicted molar refractivity (Wildman–Crippen MR) is 50.7 cm³/mol. The minimum atomic E-state index is -0.116. The predicted octanol–water partition coefficient (Wildman–Crippen LogP) is 1.81. The number of furan rings is 1. The quantitative estimate of drug-likeness (QED) is 0.719. The third kappa shape index (κ3) is 2.21. The number of amides is 1. The van der Waals surface area contributed by atoms with Crippen LogP contribution in [0.25, 0.3) is 0 Å². The highest BCUT2D eigenvalue weighted by Crippen LogP contribution is 2.12. The first kappa shape index (κ1) is 9.58. The zero-order chi connectivity index (χ0) is 9.84. The van der Waals surface area contributed by atoms with Crippen molar-refractivity contribution in [2.45, 2.75) is 13.8 Å². The highest BCUT2D eigenvalue weighted by atomic mass is 16.3. The number of carbonyl (C=O) groups excluding carboxylic acids is 1. The second-order valence-electron chi connectivity index (χ2n) is 2.83. The van der Waals surface area contributed by atoms with Crippen LogP contribution in [0.3, 0.4) is 0 Å². The van der Waals surface area contributed by atoms with E-state index in [0.717, 1.165) is 5.76 Å². The summed E-state index contributed by atoms with van der Waals surface area (Å²) in [7, 11) is 0. The van der Waals surface area contributed by atoms with Gasteiger partial charge in [-0.15, -0.1) is 6.58 Å². The van der Waals surface area contributed by atoms with Crippen LogP contribution in [0.1, 0.15) is 21.9 Å². The number of carbonyl (C=O) groups is 1. The molecular weight excluding hydrogens is 166 g/mol. The molecule has 3 heteroatoms. The normalized spacial score (nSPS) is 9.69. The molecular formula is C10H13NO2. The molecule has 1 heterocycles. The number of aryl methyl sites for hydroxylation is 2. The molecule has 70 valence electrons. The summed E-state index contributed by atoms with van der Waals surface area (Å²) in [5.74, 6) is 1.29. The monoisotopic (exact) mass is 179 g/mol. The Morgan fingerprint density at radius 3 is 2.85 bits per heavy atom. The van der Waals surface area contributed by atoms with Crippen LogP contribution in [-0.2, 0) is 0 Å². The van der Waals surface area contributed by atoms with Crippen molar-refractivity contribution in [3.63, 3.8) is 0 Å². The largest absolute Gasteiger partial charge is 0.466 e. The maximum Gasteiger partial charge on any atom is 0.255 e. The van der Waals surface area contributed by atoms with Crippen molar-refractivity contribution in [1.82, 2.24) is 5.32 Å². The summed E-state index contributed by atoms with van der Waals surface area (Å²) in [4.78, 5) is 11.4. The van der Waals surface area contributed by atoms with E-state index in [4.69, 9.17) is 4.42 Å². The van der Waals surface area contributed by atoms with Crippen LogP contribution in [0.5, 0.6) is 0 Å². The van der Waals surface area contributed by atoms with Crippen molar-refractivity contribution >= 4 is 5.91 Å². The molecule has 0 bridgehead atoms. The van der Waals surface area contributed by atoms with E-state index in [2.05, 4.69) is 11.9 Å². The summed E-state index contributed by atoms with van der Waals surface area (Å²) in [6.45, 7) is 7.58. The summed E-state index contributed by atoms with van der Waals surface area (Å²) in [5, 5.41) is 2.69. The van der Waals surface area contributed by atoms with Crippen molar-refractivity contribution in [1.29, 1.82) is 0 Å². The molecule has 1 N–H and O–H groups in total. The first-order valence-electron chi connectivity index (χ1n) is 4.11. The zero-order valence-corrected chi connectivity index (χ0v) is 7.89. The van der Waals surface area contributed by atoms with Gasteiger partial charge in [0.2, 0.25) is 0 Å². The number of nitrogens with one attached hydrogen (secondary N) is 1. The Morgan fingerprint density at radius 1 is 1.69 bits per heavy atom. The fourth-order valence-corrected chi connectivity index (χ4v) is 1.12. The fraction of sp³-hybridized carbons (Fsp3) is 0.300. The lowest BCUT2D eigenvalue weighted by Crippen LogP contribution is -2.23. The third-order valence-corrected chi connectivity index (χ3v) is 1.69. The Hall–Kier alpha value is -1.51. The molecule has 0 radical (unpaired) electrons. The van der Waals surface area contributed by atoms with Crippen LogP contribution < -0.4 is 5.32 Å². The minimum Gasteiger partial charge on any atom is -0.466 e. The molecule has 0 saturated heterocycles. The second kappa shape index (κ2) is 3.94. The highest BCUT2D eigenvalue weighted by molar-refractivity contribution is 5.95. The van der Waals surface area contributed by atoms with Gasteiger partial charge < -0.3 is 9.73 Å². The van der Waals surface area contributed by atoms with E-state index in [1.807, 2.05) is 6.92 Å². The van der Waals surface area contributed by atoms with E-state index in [0.29, 0.717) is 17.9 Å². The van der Waals surface area contributed by atoms with Crippen molar-refractivity contribution in [3.8, 4) is 0 Å². The number of hydrogen-bond donors (Lipinski definition) is 1. The van der Waals surface area contributed by atoms with Crippen molar-refractivity contribution in [2.75, 3.05) is 6.54 Å². The van der Waals surface area contributed by atoms with Crippen molar-refractivity contribution in [3.05, 3.63) is 35.8 Å². The summed E-state index contributed by atoms with van der Waals surface area (Å²) < 4.78 is 5.23. The molecule has 0 aliphatic carbocycles. The first-order chi connectivity index (χ1) is 6.15. The van der Waals surface area contributed by atoms with Gasteiger partial charge in [-0.05, 0) is 19.9 Å². The molecule has 1 rings (SSSR count). The maximum atomic E-state index is 11.4. The molecule has 0 saturated carbocycles. The maximum absolute atomic E-state index is 11.4. The highest BCUT2D eigenvalue weighted by Gasteiger charge is 2.11. The van der Waals surface area contributed by atoms with Crippen molar-refractivity contribution in [2.24, 2.45) is 0 Å². The topological polar surface area (TPSA) is 42.2 Å². The van der Waals surface area contributed by atoms with Crippen LogP contribution in [0.2, 0.25) is 0 Å². The molecule has 1 amide bonds. The van der Waals surface area contributed by atoms with Gasteiger partial charge in [-0.2, -0.15) is 0 Å². The van der Waals surface area contributed by atoms with Crippen LogP contribution in [0, 0.1) is 13.8 Å². The lowest BCUT2D eigenvalue weighted by molar-refractivity contribution is 0.0956. The van der Waals surface area contributed by atoms with E-state index in [1.165, 1.54) is 0 Å². The molecule has 0 aromatic carbocycles. The molecule has 0 unspecified atom stereocenters. The molecule has 0 fully saturated rings. The third-order valence-electron chi connectivity index (χ3n) is 1.69. The van der Waals surface area contributed by atoms with Crippen LogP contribution in [0.4, 0.5) is 0 Å². The summed E-state index contributed by atoms with van der Waals surface area (Å²) >= 11 is 0. The smallest absolute Gasteiger partial charge is 0.255 e. The van der Waals surface area contributed by atoms with Gasteiger partial charge in [0.15, 0.2) is 0 Å². The van der Waals surface area contributed by atoms with Gasteiger partial charge in [0.1, 0.15) is 11.5 Å². The average molecular weight is 179 g/mol. The van der Waals surface area contributed by atoms with Gasteiger partial charge in [-0.3, -0.25) is 4.79 Å². The van der Waals surface area contributed by atoms with Gasteiger partial charge in [-0.25, -0.2) is 0 Å². The van der Waals surface area contributed by atoms with E-state index in [9.17, 15) is 4.79 Å². The van der Waals surface area contributed by atoms with Gasteiger partial charge in [0.25, 0.3) is 5.91 Å². The van der Waals surface area contributed by atoms with Crippen LogP contribution >= 0.6 is 0 Å². The summed E-state index contributed by atoms with van der Waals surface area (Å²) in [6, 6.07) is 1.73. The lowest BCUT2D eigenvalue weighted by Gasteiger charge is -1.98. The fourth-order valence-electron chi connectivity index (χ4n) is 1.12. The Labute approximate surface area is 77.4 Å². The van der Waals surface area contributed by atoms with Gasteiger partial charge in [0, 0.05) is 6.54 Å². The summed E-state index contributed by atoms with van der Waals surface area (Å²) in [6.07, 6.45) is 1.64. The Balaban J connectivity index is 2.76. The zero-order valence-electron chi connectivity index (χ0n) is 7.89. The summed E-state index contributed by atoms with van der Waals surface area (Å²) in [5.41, 5.74) is 0.597. The van der Waals surface area contributed by atoms with Gasteiger partial charge in [0.05, 0.1) is 5.56 Å². The number of hydrogen-bond acceptors (Lipinski definition) is 2. The lowest BCUT2D eigenvalue weighted by atomic mass is 10.2. The SMILES string of the molecule is C=CCNC(=O)c1cc(C)oc1C. The van der Waals surface area contributed by atoms with Crippen LogP contribution in [0.15, 0.2) is 23.1 Å². The number of rotatable bonds is 3. The van der Waals surface area contributed by atoms with Gasteiger partial charge in [-0.1, -0.05) is 6.08 Å². The molecule has 13 heavy (non-hydrogen) atoms. The van der Waals surface area contributed by atoms with Crippen molar-refractivity contribution < 1.29 is 9.21 Å². The molecule has 1 aromatic heterocycles. The molecule has 0 aliphatic heterocycles. The Morgan fingerprint density at radius 2 is 2.38 bits per heavy atom. The van der Waals surface area contributed by atoms with Gasteiger partial charge >= 0.3 is 0 Å². The molecule has 3 nitrogen and oxygen atoms in total. The van der Waals surface area contributed by atoms with E-state index in [-0.39, 0.29) is 5.91 Å². The van der Waals surface area contributed by atoms with E-state index in [1.54, 1.807) is 19.1 Å².